The smallest absolute Gasteiger partial charge is 0.0264 e. The van der Waals surface area contributed by atoms with E-state index in [9.17, 15) is 0 Å². The minimum Gasteiger partial charge on any atom is -0.0917 e. The highest BCUT2D eigenvalue weighted by Gasteiger charge is 2.60. The molecule has 4 aliphatic carbocycles. The van der Waals surface area contributed by atoms with Crippen molar-refractivity contribution >= 4 is 0 Å². The molecule has 4 rings (SSSR count). The molecular formula is C31H54. The summed E-state index contributed by atoms with van der Waals surface area (Å²) < 4.78 is 0. The van der Waals surface area contributed by atoms with Crippen molar-refractivity contribution in [3.8, 4) is 0 Å². The number of allylic oxidation sites excluding steroid dienone is 2. The summed E-state index contributed by atoms with van der Waals surface area (Å²) in [5.41, 5.74) is 1.30. The molecule has 31 heavy (non-hydrogen) atoms. The fourth-order valence-corrected chi connectivity index (χ4v) is 10.2. The lowest BCUT2D eigenvalue weighted by atomic mass is 9.43. The highest BCUT2D eigenvalue weighted by atomic mass is 14.7. The molecule has 0 heterocycles. The van der Waals surface area contributed by atoms with Crippen molar-refractivity contribution in [2.75, 3.05) is 0 Å². The molecule has 9 atom stereocenters. The van der Waals surface area contributed by atoms with Gasteiger partial charge in [0, 0.05) is 0 Å². The van der Waals surface area contributed by atoms with Crippen molar-refractivity contribution in [3.63, 3.8) is 0 Å². The second-order valence-corrected chi connectivity index (χ2v) is 13.6. The van der Waals surface area contributed by atoms with Gasteiger partial charge in [0.25, 0.3) is 0 Å². The van der Waals surface area contributed by atoms with Gasteiger partial charge in [-0.15, -0.1) is 0 Å². The lowest BCUT2D eigenvalue weighted by Gasteiger charge is -2.62. The summed E-state index contributed by atoms with van der Waals surface area (Å²) >= 11 is 0. The summed E-state index contributed by atoms with van der Waals surface area (Å²) in [7, 11) is 0. The molecule has 0 bridgehead atoms. The zero-order valence-electron chi connectivity index (χ0n) is 22.0. The Bertz CT molecular complexity index is 616. The Morgan fingerprint density at radius 2 is 1.55 bits per heavy atom. The maximum absolute atomic E-state index is 2.76. The molecule has 4 saturated carbocycles. The maximum atomic E-state index is 2.76. The second kappa shape index (κ2) is 9.54. The lowest BCUT2D eigenvalue weighted by molar-refractivity contribution is -0.129. The first kappa shape index (κ1) is 23.9. The predicted molar refractivity (Wildman–Crippen MR) is 136 cm³/mol. The molecule has 0 spiro atoms. The average molecular weight is 427 g/mol. The Labute approximate surface area is 195 Å². The topological polar surface area (TPSA) is 0 Å². The Morgan fingerprint density at radius 1 is 0.806 bits per heavy atom. The summed E-state index contributed by atoms with van der Waals surface area (Å²) in [5, 5.41) is 0. The normalized spacial score (nSPS) is 46.0. The minimum absolute atomic E-state index is 0.649. The van der Waals surface area contributed by atoms with Crippen LogP contribution in [0.2, 0.25) is 0 Å². The summed E-state index contributed by atoms with van der Waals surface area (Å²) in [6.45, 7) is 15.1. The van der Waals surface area contributed by atoms with Gasteiger partial charge in [0.1, 0.15) is 0 Å². The van der Waals surface area contributed by atoms with Gasteiger partial charge in [0.2, 0.25) is 0 Å². The van der Waals surface area contributed by atoms with Gasteiger partial charge in [-0.2, -0.15) is 0 Å². The van der Waals surface area contributed by atoms with E-state index in [0.29, 0.717) is 10.8 Å². The first-order valence-electron chi connectivity index (χ1n) is 14.4. The molecule has 0 aromatic rings. The van der Waals surface area contributed by atoms with Crippen LogP contribution < -0.4 is 0 Å². The molecule has 178 valence electrons. The fraction of sp³-hybridized carbons (Fsp3) is 0.935. The van der Waals surface area contributed by atoms with E-state index in [1.807, 2.05) is 0 Å². The van der Waals surface area contributed by atoms with Crippen molar-refractivity contribution in [2.24, 2.45) is 58.2 Å². The molecule has 0 unspecified atom stereocenters. The van der Waals surface area contributed by atoms with Crippen LogP contribution in [-0.4, -0.2) is 0 Å². The SMILES string of the molecule is CC=CC[C@@H]1CCC[C@@]2(C)[C@H]1CC[C@@H]1[C@@H]2CC[C@]2(C)[C@@H]([C@H](C)CCCC(C)C)CC[C@@H]12. The summed E-state index contributed by atoms with van der Waals surface area (Å²) in [4.78, 5) is 0. The van der Waals surface area contributed by atoms with Gasteiger partial charge in [-0.3, -0.25) is 0 Å². The largest absolute Gasteiger partial charge is 0.0917 e. The van der Waals surface area contributed by atoms with Crippen LogP contribution in [0.3, 0.4) is 0 Å². The highest BCUT2D eigenvalue weighted by molar-refractivity contribution is 5.10. The van der Waals surface area contributed by atoms with Crippen molar-refractivity contribution in [2.45, 2.75) is 125 Å². The van der Waals surface area contributed by atoms with Crippen LogP contribution in [0.4, 0.5) is 0 Å². The van der Waals surface area contributed by atoms with Gasteiger partial charge in [0.05, 0.1) is 0 Å². The quantitative estimate of drug-likeness (QED) is 0.355. The first-order valence-corrected chi connectivity index (χ1v) is 14.4. The molecule has 0 amide bonds. The standard InChI is InChI=1S/C31H54/c1-7-8-13-24-14-10-20-30(5)27(24)16-15-25-28-18-17-26(23(4)12-9-11-22(2)3)31(28,6)21-19-29(25)30/h7-8,22-29H,9-21H2,1-6H3/t23-,24-,25+,26-,27+,28+,29+,30+,31-/m1/s1. The third kappa shape index (κ3) is 4.33. The van der Waals surface area contributed by atoms with Crippen LogP contribution in [0.15, 0.2) is 12.2 Å². The molecule has 0 heteroatoms. The molecule has 0 N–H and O–H groups in total. The van der Waals surface area contributed by atoms with E-state index in [2.05, 4.69) is 53.7 Å². The molecule has 0 aliphatic heterocycles. The molecular weight excluding hydrogens is 372 g/mol. The van der Waals surface area contributed by atoms with E-state index in [1.54, 1.807) is 32.1 Å². The minimum atomic E-state index is 0.649. The molecule has 4 aliphatic rings. The van der Waals surface area contributed by atoms with Crippen LogP contribution in [0.25, 0.3) is 0 Å². The van der Waals surface area contributed by atoms with Crippen LogP contribution in [0.1, 0.15) is 125 Å². The van der Waals surface area contributed by atoms with E-state index in [4.69, 9.17) is 0 Å². The van der Waals surface area contributed by atoms with Gasteiger partial charge in [0.15, 0.2) is 0 Å². The molecule has 4 fully saturated rings. The summed E-state index contributed by atoms with van der Waals surface area (Å²) in [6, 6.07) is 0. The van der Waals surface area contributed by atoms with Crippen LogP contribution in [0.5, 0.6) is 0 Å². The van der Waals surface area contributed by atoms with E-state index < -0.39 is 0 Å². The third-order valence-electron chi connectivity index (χ3n) is 11.7. The summed E-state index contributed by atoms with van der Waals surface area (Å²) in [6.07, 6.45) is 24.3. The molecule has 0 saturated heterocycles. The monoisotopic (exact) mass is 426 g/mol. The number of hydrogen-bond donors (Lipinski definition) is 0. The van der Waals surface area contributed by atoms with Gasteiger partial charge < -0.3 is 0 Å². The maximum Gasteiger partial charge on any atom is -0.0264 e. The molecule has 0 aromatic carbocycles. The zero-order valence-corrected chi connectivity index (χ0v) is 22.0. The Balaban J connectivity index is 1.47. The first-order chi connectivity index (χ1) is 14.8. The van der Waals surface area contributed by atoms with Crippen molar-refractivity contribution in [1.82, 2.24) is 0 Å². The van der Waals surface area contributed by atoms with Gasteiger partial charge >= 0.3 is 0 Å². The van der Waals surface area contributed by atoms with Gasteiger partial charge in [-0.1, -0.05) is 72.5 Å². The third-order valence-corrected chi connectivity index (χ3v) is 11.7. The van der Waals surface area contributed by atoms with Crippen molar-refractivity contribution in [1.29, 1.82) is 0 Å². The van der Waals surface area contributed by atoms with Crippen LogP contribution >= 0.6 is 0 Å². The molecule has 0 nitrogen and oxygen atoms in total. The number of hydrogen-bond acceptors (Lipinski definition) is 0. The van der Waals surface area contributed by atoms with Crippen molar-refractivity contribution < 1.29 is 0 Å². The molecule has 0 radical (unpaired) electrons. The number of fused-ring (bicyclic) bond motifs is 5. The van der Waals surface area contributed by atoms with Crippen LogP contribution in [-0.2, 0) is 0 Å². The van der Waals surface area contributed by atoms with E-state index in [1.165, 1.54) is 51.4 Å². The Morgan fingerprint density at radius 3 is 2.29 bits per heavy atom. The highest BCUT2D eigenvalue weighted by Crippen LogP contribution is 2.69. The summed E-state index contributed by atoms with van der Waals surface area (Å²) in [5.74, 6) is 7.93. The van der Waals surface area contributed by atoms with Gasteiger partial charge in [-0.25, -0.2) is 0 Å². The Hall–Kier alpha value is -0.260. The van der Waals surface area contributed by atoms with Crippen molar-refractivity contribution in [3.05, 3.63) is 12.2 Å². The fourth-order valence-electron chi connectivity index (χ4n) is 10.2. The predicted octanol–water partition coefficient (Wildman–Crippen LogP) is 9.69. The lowest BCUT2D eigenvalue weighted by Crippen LogP contribution is -2.54. The van der Waals surface area contributed by atoms with E-state index in [0.717, 1.165) is 47.3 Å². The number of rotatable bonds is 7. The van der Waals surface area contributed by atoms with Gasteiger partial charge in [-0.05, 0) is 123 Å². The Kier molecular flexibility index (Phi) is 7.35. The zero-order chi connectivity index (χ0) is 22.2. The van der Waals surface area contributed by atoms with E-state index in [-0.39, 0.29) is 0 Å². The molecule has 0 aromatic heterocycles. The average Bonchev–Trinajstić information content (AvgIpc) is 3.08. The second-order valence-electron chi connectivity index (χ2n) is 13.6. The van der Waals surface area contributed by atoms with E-state index >= 15 is 0 Å². The van der Waals surface area contributed by atoms with Crippen LogP contribution in [0, 0.1) is 58.2 Å².